The van der Waals surface area contributed by atoms with Gasteiger partial charge >= 0.3 is 0 Å². The van der Waals surface area contributed by atoms with Gasteiger partial charge in [-0.05, 0) is 25.0 Å². The van der Waals surface area contributed by atoms with Gasteiger partial charge in [0.2, 0.25) is 0 Å². The molecule has 4 heteroatoms. The number of aromatic nitrogens is 2. The number of pyridine rings is 1. The minimum atomic E-state index is 0.169. The van der Waals surface area contributed by atoms with Crippen LogP contribution in [0.25, 0.3) is 5.65 Å². The largest absolute Gasteiger partial charge is 0.307 e. The van der Waals surface area contributed by atoms with E-state index in [0.717, 1.165) is 37.1 Å². The summed E-state index contributed by atoms with van der Waals surface area (Å²) in [4.78, 5) is 4.54. The van der Waals surface area contributed by atoms with Gasteiger partial charge in [0.25, 0.3) is 0 Å². The van der Waals surface area contributed by atoms with Gasteiger partial charge in [0, 0.05) is 25.0 Å². The van der Waals surface area contributed by atoms with Gasteiger partial charge in [0.1, 0.15) is 5.65 Å². The lowest BCUT2D eigenvalue weighted by Gasteiger charge is -2.14. The second kappa shape index (κ2) is 4.79. The van der Waals surface area contributed by atoms with Crippen molar-refractivity contribution in [1.82, 2.24) is 14.7 Å². The summed E-state index contributed by atoms with van der Waals surface area (Å²) in [6, 6.07) is 8.70. The van der Waals surface area contributed by atoms with E-state index in [1.807, 2.05) is 35.0 Å². The molecule has 3 rings (SSSR count). The highest BCUT2D eigenvalue weighted by molar-refractivity contribution is 5.39. The monoisotopic (exact) mass is 240 g/mol. The Morgan fingerprint density at radius 2 is 2.39 bits per heavy atom. The van der Waals surface area contributed by atoms with Gasteiger partial charge in [-0.3, -0.25) is 0 Å². The molecule has 18 heavy (non-hydrogen) atoms. The second-order valence-electron chi connectivity index (χ2n) is 4.85. The van der Waals surface area contributed by atoms with E-state index in [0.29, 0.717) is 6.04 Å². The van der Waals surface area contributed by atoms with Crippen molar-refractivity contribution in [2.45, 2.75) is 31.8 Å². The van der Waals surface area contributed by atoms with Crippen LogP contribution in [0.1, 0.15) is 25.0 Å². The van der Waals surface area contributed by atoms with Crippen molar-refractivity contribution in [1.29, 1.82) is 5.26 Å². The Bertz CT molecular complexity index is 548. The van der Waals surface area contributed by atoms with Crippen LogP contribution in [0.3, 0.4) is 0 Å². The van der Waals surface area contributed by atoms with E-state index in [9.17, 15) is 0 Å². The number of hydrogen-bond donors (Lipinski definition) is 1. The van der Waals surface area contributed by atoms with Crippen LogP contribution in [0.4, 0.5) is 0 Å². The zero-order valence-corrected chi connectivity index (χ0v) is 10.2. The molecule has 0 radical (unpaired) electrons. The molecule has 1 fully saturated rings. The number of nitriles is 1. The number of hydrogen-bond acceptors (Lipinski definition) is 3. The lowest BCUT2D eigenvalue weighted by atomic mass is 10.1. The lowest BCUT2D eigenvalue weighted by Crippen LogP contribution is -2.31. The fourth-order valence-electron chi connectivity index (χ4n) is 2.67. The van der Waals surface area contributed by atoms with Gasteiger partial charge in [0.15, 0.2) is 0 Å². The van der Waals surface area contributed by atoms with Crippen molar-refractivity contribution in [3.63, 3.8) is 0 Å². The first-order valence-electron chi connectivity index (χ1n) is 6.42. The Hall–Kier alpha value is -1.86. The van der Waals surface area contributed by atoms with E-state index < -0.39 is 0 Å². The molecule has 92 valence electrons. The molecule has 1 aliphatic carbocycles. The van der Waals surface area contributed by atoms with Gasteiger partial charge in [-0.15, -0.1) is 0 Å². The van der Waals surface area contributed by atoms with Crippen LogP contribution in [-0.4, -0.2) is 15.4 Å². The predicted octanol–water partition coefficient (Wildman–Crippen LogP) is 2.12. The fraction of sp³-hybridized carbons (Fsp3) is 0.429. The molecule has 2 aromatic heterocycles. The van der Waals surface area contributed by atoms with E-state index in [2.05, 4.69) is 16.4 Å². The fourth-order valence-corrected chi connectivity index (χ4v) is 2.67. The van der Waals surface area contributed by atoms with Gasteiger partial charge < -0.3 is 9.72 Å². The zero-order valence-electron chi connectivity index (χ0n) is 10.2. The minimum absolute atomic E-state index is 0.169. The molecule has 1 N–H and O–H groups in total. The molecule has 0 bridgehead atoms. The summed E-state index contributed by atoms with van der Waals surface area (Å²) in [5, 5.41) is 12.5. The number of imidazole rings is 1. The summed E-state index contributed by atoms with van der Waals surface area (Å²) >= 11 is 0. The molecule has 0 aliphatic heterocycles. The first-order valence-corrected chi connectivity index (χ1v) is 6.42. The second-order valence-corrected chi connectivity index (χ2v) is 4.85. The molecular formula is C14H16N4. The molecule has 4 nitrogen and oxygen atoms in total. The van der Waals surface area contributed by atoms with Gasteiger partial charge in [-0.1, -0.05) is 12.5 Å². The Morgan fingerprint density at radius 3 is 3.22 bits per heavy atom. The summed E-state index contributed by atoms with van der Waals surface area (Å²) < 4.78 is 2.02. The maximum Gasteiger partial charge on any atom is 0.137 e. The Balaban J connectivity index is 1.68. The third-order valence-corrected chi connectivity index (χ3v) is 3.64. The summed E-state index contributed by atoms with van der Waals surface area (Å²) in [5.74, 6) is 0.169. The summed E-state index contributed by atoms with van der Waals surface area (Å²) in [6.45, 7) is 0.741. The SMILES string of the molecule is N#CC1CCCC1NCc1cn2ccccc2n1. The van der Waals surface area contributed by atoms with Crippen LogP contribution in [-0.2, 0) is 6.54 Å². The molecule has 2 aromatic rings. The quantitative estimate of drug-likeness (QED) is 0.894. The molecule has 2 unspecified atom stereocenters. The number of fused-ring (bicyclic) bond motifs is 1. The van der Waals surface area contributed by atoms with Crippen molar-refractivity contribution in [2.24, 2.45) is 5.92 Å². The van der Waals surface area contributed by atoms with Crippen LogP contribution in [0, 0.1) is 17.2 Å². The Morgan fingerprint density at radius 1 is 1.44 bits per heavy atom. The predicted molar refractivity (Wildman–Crippen MR) is 68.8 cm³/mol. The summed E-state index contributed by atoms with van der Waals surface area (Å²) in [7, 11) is 0. The molecule has 0 spiro atoms. The molecular weight excluding hydrogens is 224 g/mol. The molecule has 1 aliphatic rings. The number of rotatable bonds is 3. The summed E-state index contributed by atoms with van der Waals surface area (Å²) in [5.41, 5.74) is 2.00. The van der Waals surface area contributed by atoms with E-state index in [4.69, 9.17) is 5.26 Å². The average molecular weight is 240 g/mol. The highest BCUT2D eigenvalue weighted by Gasteiger charge is 2.26. The molecule has 0 aromatic carbocycles. The van der Waals surface area contributed by atoms with Crippen LogP contribution < -0.4 is 5.32 Å². The highest BCUT2D eigenvalue weighted by Crippen LogP contribution is 2.25. The van der Waals surface area contributed by atoms with E-state index in [1.54, 1.807) is 0 Å². The van der Waals surface area contributed by atoms with Crippen LogP contribution >= 0.6 is 0 Å². The molecule has 2 atom stereocenters. The van der Waals surface area contributed by atoms with E-state index in [1.165, 1.54) is 0 Å². The first kappa shape index (κ1) is 11.2. The Kier molecular flexibility index (Phi) is 2.99. The zero-order chi connectivity index (χ0) is 12.4. The highest BCUT2D eigenvalue weighted by atomic mass is 15.0. The summed E-state index contributed by atoms with van der Waals surface area (Å²) in [6.07, 6.45) is 7.32. The van der Waals surface area contributed by atoms with Crippen LogP contribution in [0.2, 0.25) is 0 Å². The van der Waals surface area contributed by atoms with Gasteiger partial charge in [0.05, 0.1) is 17.7 Å². The van der Waals surface area contributed by atoms with Crippen molar-refractivity contribution in [2.75, 3.05) is 0 Å². The number of nitrogens with one attached hydrogen (secondary N) is 1. The topological polar surface area (TPSA) is 53.1 Å². The molecule has 0 saturated heterocycles. The standard InChI is InChI=1S/C14H16N4/c15-8-11-4-3-5-13(11)16-9-12-10-18-7-2-1-6-14(18)17-12/h1-2,6-7,10-11,13,16H,3-5,9H2. The van der Waals surface area contributed by atoms with Gasteiger partial charge in [-0.2, -0.15) is 5.26 Å². The maximum atomic E-state index is 9.04. The van der Waals surface area contributed by atoms with Crippen molar-refractivity contribution < 1.29 is 0 Å². The lowest BCUT2D eigenvalue weighted by molar-refractivity contribution is 0.462. The van der Waals surface area contributed by atoms with E-state index >= 15 is 0 Å². The van der Waals surface area contributed by atoms with Crippen LogP contribution in [0.15, 0.2) is 30.6 Å². The molecule has 2 heterocycles. The smallest absolute Gasteiger partial charge is 0.137 e. The third-order valence-electron chi connectivity index (χ3n) is 3.64. The van der Waals surface area contributed by atoms with Crippen LogP contribution in [0.5, 0.6) is 0 Å². The van der Waals surface area contributed by atoms with Crippen molar-refractivity contribution in [3.8, 4) is 6.07 Å². The maximum absolute atomic E-state index is 9.04. The first-order chi connectivity index (χ1) is 8.86. The molecule has 0 amide bonds. The van der Waals surface area contributed by atoms with Crippen molar-refractivity contribution >= 4 is 5.65 Å². The third kappa shape index (κ3) is 2.09. The van der Waals surface area contributed by atoms with Crippen molar-refractivity contribution in [3.05, 3.63) is 36.3 Å². The normalized spacial score (nSPS) is 23.3. The average Bonchev–Trinajstić information content (AvgIpc) is 3.01. The molecule has 1 saturated carbocycles. The van der Waals surface area contributed by atoms with Gasteiger partial charge in [-0.25, -0.2) is 4.98 Å². The minimum Gasteiger partial charge on any atom is -0.307 e. The Labute approximate surface area is 106 Å². The van der Waals surface area contributed by atoms with E-state index in [-0.39, 0.29) is 5.92 Å². The number of nitrogens with zero attached hydrogens (tertiary/aromatic N) is 3.